The van der Waals surface area contributed by atoms with Crippen LogP contribution >= 0.6 is 0 Å². The summed E-state index contributed by atoms with van der Waals surface area (Å²) in [6.07, 6.45) is 6.71. The summed E-state index contributed by atoms with van der Waals surface area (Å²) in [5.74, 6) is 0. The maximum absolute atomic E-state index is 6.44. The number of aromatic nitrogens is 1. The Bertz CT molecular complexity index is 317. The molecule has 0 fully saturated rings. The normalized spacial score (nSPS) is 14.0. The number of hydrogen-bond donors (Lipinski definition) is 1. The molecule has 17 heavy (non-hydrogen) atoms. The van der Waals surface area contributed by atoms with Gasteiger partial charge in [0.15, 0.2) is 0 Å². The molecule has 0 aliphatic carbocycles. The first-order valence-corrected chi connectivity index (χ1v) is 6.38. The van der Waals surface area contributed by atoms with Crippen LogP contribution in [0.4, 0.5) is 0 Å². The van der Waals surface area contributed by atoms with Gasteiger partial charge < -0.3 is 10.6 Å². The predicted octanol–water partition coefficient (Wildman–Crippen LogP) is 2.07. The van der Waals surface area contributed by atoms with Crippen molar-refractivity contribution in [3.63, 3.8) is 0 Å². The molecule has 0 saturated carbocycles. The number of rotatable bonds is 6. The van der Waals surface area contributed by atoms with Crippen LogP contribution < -0.4 is 5.73 Å². The van der Waals surface area contributed by atoms with Gasteiger partial charge >= 0.3 is 0 Å². The van der Waals surface area contributed by atoms with Crippen molar-refractivity contribution < 1.29 is 0 Å². The largest absolute Gasteiger partial charge is 0.326 e. The van der Waals surface area contributed by atoms with E-state index in [1.54, 1.807) is 0 Å². The molecule has 0 aromatic carbocycles. The van der Waals surface area contributed by atoms with E-state index in [-0.39, 0.29) is 11.6 Å². The van der Waals surface area contributed by atoms with E-state index in [0.29, 0.717) is 0 Å². The van der Waals surface area contributed by atoms with Crippen molar-refractivity contribution in [3.8, 4) is 0 Å². The molecular formula is C14H25N3. The van der Waals surface area contributed by atoms with E-state index in [9.17, 15) is 0 Å². The Balaban J connectivity index is 2.83. The standard InChI is InChI=1S/C14H25N3/c1-5-14(6-2,17(3)4)13(15)11-12-7-9-16-10-8-12/h7-10,13H,5-6,11,15H2,1-4H3. The molecule has 1 rings (SSSR count). The van der Waals surface area contributed by atoms with Gasteiger partial charge in [-0.2, -0.15) is 0 Å². The summed E-state index contributed by atoms with van der Waals surface area (Å²) >= 11 is 0. The first-order valence-electron chi connectivity index (χ1n) is 6.38. The fourth-order valence-electron chi connectivity index (χ4n) is 2.70. The minimum atomic E-state index is 0.0866. The van der Waals surface area contributed by atoms with E-state index in [2.05, 4.69) is 37.8 Å². The Kier molecular flexibility index (Phi) is 5.09. The Morgan fingerprint density at radius 2 is 1.76 bits per heavy atom. The van der Waals surface area contributed by atoms with Crippen molar-refractivity contribution in [2.75, 3.05) is 14.1 Å². The second-order valence-electron chi connectivity index (χ2n) is 4.87. The average Bonchev–Trinajstić information content (AvgIpc) is 2.32. The SMILES string of the molecule is CCC(CC)(C(N)Cc1ccncc1)N(C)C. The van der Waals surface area contributed by atoms with Crippen molar-refractivity contribution in [2.24, 2.45) is 5.73 Å². The zero-order valence-electron chi connectivity index (χ0n) is 11.5. The summed E-state index contributed by atoms with van der Waals surface area (Å²) < 4.78 is 0. The molecule has 0 aliphatic rings. The van der Waals surface area contributed by atoms with Crippen molar-refractivity contribution >= 4 is 0 Å². The minimum Gasteiger partial charge on any atom is -0.326 e. The number of hydrogen-bond acceptors (Lipinski definition) is 3. The summed E-state index contributed by atoms with van der Waals surface area (Å²) in [7, 11) is 4.25. The van der Waals surface area contributed by atoms with Crippen LogP contribution in [0, 0.1) is 0 Å². The Hall–Kier alpha value is -0.930. The van der Waals surface area contributed by atoms with Gasteiger partial charge in [-0.1, -0.05) is 13.8 Å². The number of pyridine rings is 1. The predicted molar refractivity (Wildman–Crippen MR) is 72.9 cm³/mol. The number of likely N-dealkylation sites (N-methyl/N-ethyl adjacent to an activating group) is 1. The van der Waals surface area contributed by atoms with Crippen molar-refractivity contribution in [2.45, 2.75) is 44.7 Å². The highest BCUT2D eigenvalue weighted by molar-refractivity contribution is 5.13. The minimum absolute atomic E-state index is 0.0866. The van der Waals surface area contributed by atoms with Crippen LogP contribution in [0.1, 0.15) is 32.3 Å². The van der Waals surface area contributed by atoms with Gasteiger partial charge in [0, 0.05) is 24.0 Å². The lowest BCUT2D eigenvalue weighted by molar-refractivity contribution is 0.105. The third-order valence-corrected chi connectivity index (χ3v) is 4.01. The van der Waals surface area contributed by atoms with Gasteiger partial charge in [-0.3, -0.25) is 4.98 Å². The highest BCUT2D eigenvalue weighted by Crippen LogP contribution is 2.26. The molecule has 0 radical (unpaired) electrons. The van der Waals surface area contributed by atoms with Crippen LogP contribution in [0.3, 0.4) is 0 Å². The molecule has 0 aliphatic heterocycles. The lowest BCUT2D eigenvalue weighted by atomic mass is 9.81. The van der Waals surface area contributed by atoms with Crippen molar-refractivity contribution in [1.82, 2.24) is 9.88 Å². The average molecular weight is 235 g/mol. The lowest BCUT2D eigenvalue weighted by Gasteiger charge is -2.43. The zero-order valence-corrected chi connectivity index (χ0v) is 11.5. The third kappa shape index (κ3) is 3.05. The molecule has 1 heterocycles. The number of nitrogens with two attached hydrogens (primary N) is 1. The van der Waals surface area contributed by atoms with Gasteiger partial charge in [0.1, 0.15) is 0 Å². The summed E-state index contributed by atoms with van der Waals surface area (Å²) in [6.45, 7) is 4.44. The van der Waals surface area contributed by atoms with Gasteiger partial charge in [-0.15, -0.1) is 0 Å². The van der Waals surface area contributed by atoms with Crippen LogP contribution in [0.5, 0.6) is 0 Å². The highest BCUT2D eigenvalue weighted by atomic mass is 15.2. The quantitative estimate of drug-likeness (QED) is 0.821. The van der Waals surface area contributed by atoms with Gasteiger partial charge in [0.05, 0.1) is 0 Å². The fraction of sp³-hybridized carbons (Fsp3) is 0.643. The molecule has 1 unspecified atom stereocenters. The smallest absolute Gasteiger partial charge is 0.0352 e. The summed E-state index contributed by atoms with van der Waals surface area (Å²) in [5, 5.41) is 0. The maximum Gasteiger partial charge on any atom is 0.0352 e. The fourth-order valence-corrected chi connectivity index (χ4v) is 2.70. The molecule has 1 atom stereocenters. The lowest BCUT2D eigenvalue weighted by Crippen LogP contribution is -2.57. The zero-order chi connectivity index (χ0) is 12.9. The molecule has 0 spiro atoms. The summed E-state index contributed by atoms with van der Waals surface area (Å²) in [4.78, 5) is 6.32. The van der Waals surface area contributed by atoms with Crippen LogP contribution in [0.15, 0.2) is 24.5 Å². The highest BCUT2D eigenvalue weighted by Gasteiger charge is 2.35. The second kappa shape index (κ2) is 6.12. The molecule has 96 valence electrons. The Morgan fingerprint density at radius 1 is 1.24 bits per heavy atom. The van der Waals surface area contributed by atoms with E-state index >= 15 is 0 Å². The Labute approximate surface area is 105 Å². The van der Waals surface area contributed by atoms with Crippen LogP contribution in [-0.4, -0.2) is 35.6 Å². The third-order valence-electron chi connectivity index (χ3n) is 4.01. The molecule has 0 bridgehead atoms. The monoisotopic (exact) mass is 235 g/mol. The van der Waals surface area contributed by atoms with Gasteiger partial charge in [0.25, 0.3) is 0 Å². The van der Waals surface area contributed by atoms with Crippen LogP contribution in [0.2, 0.25) is 0 Å². The topological polar surface area (TPSA) is 42.1 Å². The van der Waals surface area contributed by atoms with Crippen molar-refractivity contribution in [1.29, 1.82) is 0 Å². The summed E-state index contributed by atoms with van der Waals surface area (Å²) in [5.41, 5.74) is 7.80. The van der Waals surface area contributed by atoms with Gasteiger partial charge in [-0.05, 0) is 51.1 Å². The molecule has 1 aromatic rings. The molecule has 0 saturated heterocycles. The van der Waals surface area contributed by atoms with E-state index in [1.165, 1.54) is 5.56 Å². The molecule has 1 aromatic heterocycles. The van der Waals surface area contributed by atoms with Crippen LogP contribution in [-0.2, 0) is 6.42 Å². The molecule has 2 N–H and O–H groups in total. The van der Waals surface area contributed by atoms with E-state index in [4.69, 9.17) is 5.73 Å². The Morgan fingerprint density at radius 3 is 2.18 bits per heavy atom. The van der Waals surface area contributed by atoms with Crippen LogP contribution in [0.25, 0.3) is 0 Å². The molecule has 3 heteroatoms. The number of nitrogens with zero attached hydrogens (tertiary/aromatic N) is 2. The van der Waals surface area contributed by atoms with Crippen molar-refractivity contribution in [3.05, 3.63) is 30.1 Å². The molecule has 0 amide bonds. The second-order valence-corrected chi connectivity index (χ2v) is 4.87. The summed E-state index contributed by atoms with van der Waals surface area (Å²) in [6, 6.07) is 4.24. The van der Waals surface area contributed by atoms with E-state index in [0.717, 1.165) is 19.3 Å². The first-order chi connectivity index (χ1) is 8.06. The molecule has 3 nitrogen and oxygen atoms in total. The van der Waals surface area contributed by atoms with E-state index < -0.39 is 0 Å². The van der Waals surface area contributed by atoms with Gasteiger partial charge in [0.2, 0.25) is 0 Å². The molecular weight excluding hydrogens is 210 g/mol. The van der Waals surface area contributed by atoms with Gasteiger partial charge in [-0.25, -0.2) is 0 Å². The van der Waals surface area contributed by atoms with E-state index in [1.807, 2.05) is 24.5 Å². The maximum atomic E-state index is 6.44. The first kappa shape index (κ1) is 14.1.